The highest BCUT2D eigenvalue weighted by atomic mass is 15.2. The van der Waals surface area contributed by atoms with Crippen LogP contribution in [-0.4, -0.2) is 0 Å². The summed E-state index contributed by atoms with van der Waals surface area (Å²) in [6, 6.07) is -35.0. The minimum Gasteiger partial charge on any atom is -0.310 e. The smallest absolute Gasteiger partial charge is 0.0667 e. The molecule has 2 heteroatoms. The van der Waals surface area contributed by atoms with Gasteiger partial charge in [-0.05, 0) is 88.4 Å². The van der Waals surface area contributed by atoms with Crippen LogP contribution < -0.4 is 9.80 Å². The number of hydrogen-bond acceptors (Lipinski definition) is 2. The van der Waals surface area contributed by atoms with Crippen molar-refractivity contribution in [2.75, 3.05) is 9.80 Å². The van der Waals surface area contributed by atoms with Gasteiger partial charge in [0.2, 0.25) is 0 Å². The second kappa shape index (κ2) is 11.5. The van der Waals surface area contributed by atoms with Crippen LogP contribution >= 0.6 is 0 Å². The van der Waals surface area contributed by atoms with Gasteiger partial charge in [0.25, 0.3) is 0 Å². The summed E-state index contributed by atoms with van der Waals surface area (Å²) in [6.07, 6.45) is 0. The molecule has 0 radical (unpaired) electrons. The average Bonchev–Trinajstić information content (AvgIpc) is 3.34. The van der Waals surface area contributed by atoms with Crippen LogP contribution in [0.3, 0.4) is 0 Å². The number of benzene rings is 7. The predicted octanol–water partition coefficient (Wildman–Crippen LogP) is 11.4. The van der Waals surface area contributed by atoms with Crippen molar-refractivity contribution in [1.82, 2.24) is 0 Å². The molecule has 0 aliphatic carbocycles. The quantitative estimate of drug-likeness (QED) is 0.189. The summed E-state index contributed by atoms with van der Waals surface area (Å²) in [5.41, 5.74) is -9.65. The van der Waals surface area contributed by atoms with Crippen LogP contribution in [0.4, 0.5) is 34.1 Å². The summed E-state index contributed by atoms with van der Waals surface area (Å²) in [5.74, 6) is 0. The van der Waals surface area contributed by atoms with Crippen molar-refractivity contribution in [3.63, 3.8) is 0 Å². The first-order chi connectivity index (χ1) is 33.3. The van der Waals surface area contributed by atoms with Gasteiger partial charge in [0.05, 0.1) is 41.1 Å². The maximum atomic E-state index is 10.1. The van der Waals surface area contributed by atoms with Gasteiger partial charge in [0.15, 0.2) is 0 Å². The molecule has 0 amide bonds. The molecule has 0 bridgehead atoms. The summed E-state index contributed by atoms with van der Waals surface area (Å²) < 4.78 is 267. The summed E-state index contributed by atoms with van der Waals surface area (Å²) >= 11 is 0. The van der Waals surface area contributed by atoms with Crippen molar-refractivity contribution in [2.45, 2.75) is 0 Å². The lowest BCUT2D eigenvalue weighted by Gasteiger charge is -2.30. The summed E-state index contributed by atoms with van der Waals surface area (Å²) in [6.45, 7) is 0. The first-order valence-corrected chi connectivity index (χ1v) is 11.8. The Balaban J connectivity index is 1.95. The molecule has 0 atom stereocenters. The standard InChI is InChI=1S/C40H30N2/c1-5-18-33(19-6-1)41(34-20-7-2-8-21-34)37-28-32(40-27-15-17-31-16-13-14-26-39(31)40)29-38(30-37)42(35-22-9-3-10-23-35)36-24-11-4-12-25-36/h1-30H/i1D,2D,3D,4D,5D,6D,7D,8D,9D,10D,11D,12D,13D,14D,15D,16D,17D,18D,19D,20D,21D,22D,23D,24D,25D,26D,27D,28D,29D,30D. The Morgan fingerprint density at radius 2 is 0.714 bits per heavy atom. The third-order valence-electron chi connectivity index (χ3n) is 5.57. The van der Waals surface area contributed by atoms with Crippen molar-refractivity contribution in [1.29, 1.82) is 0 Å². The molecule has 0 aliphatic heterocycles. The van der Waals surface area contributed by atoms with E-state index in [9.17, 15) is 5.48 Å². The summed E-state index contributed by atoms with van der Waals surface area (Å²) in [4.78, 5) is 0.475. The van der Waals surface area contributed by atoms with Crippen LogP contribution in [0.5, 0.6) is 0 Å². The van der Waals surface area contributed by atoms with Crippen molar-refractivity contribution in [2.24, 2.45) is 0 Å². The van der Waals surface area contributed by atoms with Crippen molar-refractivity contribution in [3.8, 4) is 11.1 Å². The topological polar surface area (TPSA) is 6.48 Å². The Hall–Kier alpha value is -5.60. The van der Waals surface area contributed by atoms with Crippen LogP contribution in [-0.2, 0) is 0 Å². The Kier molecular flexibility index (Phi) is 2.38. The maximum absolute atomic E-state index is 10.1. The van der Waals surface area contributed by atoms with Crippen LogP contribution in [0.15, 0.2) is 181 Å². The SMILES string of the molecule is [2H]c1c([2H])c([2H])c(N(c2c([2H])c([2H])c([2H])c([2H])c2[2H])c2c([2H])c(-c3c([2H])c([2H])c([2H])c4c([2H])c([2H])c([2H])c([2H])c34)c([2H])c(N(c3c([2H])c([2H])c([2H])c([2H])c3[2H])c3c([2H])c([2H])c([2H])c([2H])c3[2H])c2[2H])c([2H])c1[2H]. The average molecular weight is 569 g/mol. The lowest BCUT2D eigenvalue weighted by molar-refractivity contribution is 1.25. The molecule has 0 aliphatic rings. The molecule has 0 unspecified atom stereocenters. The number of anilines is 6. The van der Waals surface area contributed by atoms with Crippen LogP contribution in [0, 0.1) is 0 Å². The number of hydrogen-bond donors (Lipinski definition) is 0. The van der Waals surface area contributed by atoms with E-state index in [1.165, 1.54) is 0 Å². The van der Waals surface area contributed by atoms with Gasteiger partial charge in [-0.25, -0.2) is 0 Å². The zero-order valence-electron chi connectivity index (χ0n) is 50.9. The molecule has 42 heavy (non-hydrogen) atoms. The highest BCUT2D eigenvalue weighted by molar-refractivity contribution is 5.99. The third-order valence-corrected chi connectivity index (χ3v) is 5.57. The molecule has 7 rings (SSSR count). The molecular weight excluding hydrogens is 508 g/mol. The lowest BCUT2D eigenvalue weighted by atomic mass is 9.96. The van der Waals surface area contributed by atoms with Crippen molar-refractivity contribution >= 4 is 44.9 Å². The number of rotatable bonds is 7. The minimum atomic E-state index is -1.48. The first-order valence-electron chi connectivity index (χ1n) is 26.8. The van der Waals surface area contributed by atoms with Gasteiger partial charge < -0.3 is 9.80 Å². The fourth-order valence-corrected chi connectivity index (χ4v) is 3.88. The van der Waals surface area contributed by atoms with E-state index < -0.39 is 237 Å². The number of para-hydroxylation sites is 4. The van der Waals surface area contributed by atoms with Gasteiger partial charge in [0, 0.05) is 34.1 Å². The van der Waals surface area contributed by atoms with E-state index in [0.29, 0.717) is 0 Å². The molecule has 200 valence electrons. The van der Waals surface area contributed by atoms with Gasteiger partial charge in [-0.2, -0.15) is 0 Å². The molecular formula is C40H30N2. The van der Waals surface area contributed by atoms with Crippen molar-refractivity contribution < 1.29 is 41.1 Å². The maximum Gasteiger partial charge on any atom is 0.0667 e. The summed E-state index contributed by atoms with van der Waals surface area (Å²) in [7, 11) is 0. The molecule has 0 aromatic heterocycles. The monoisotopic (exact) mass is 568 g/mol. The van der Waals surface area contributed by atoms with E-state index in [2.05, 4.69) is 0 Å². The lowest BCUT2D eigenvalue weighted by Crippen LogP contribution is -2.13. The van der Waals surface area contributed by atoms with E-state index in [0.717, 1.165) is 0 Å². The largest absolute Gasteiger partial charge is 0.310 e. The van der Waals surface area contributed by atoms with Gasteiger partial charge in [-0.3, -0.25) is 0 Å². The Labute approximate surface area is 289 Å². The third kappa shape index (κ3) is 5.02. The highest BCUT2D eigenvalue weighted by Crippen LogP contribution is 2.43. The molecule has 0 heterocycles. The minimum absolute atomic E-state index is 0.237. The second-order valence-corrected chi connectivity index (χ2v) is 8.01. The first kappa shape index (κ1) is 8.70. The molecule has 0 spiro atoms. The Bertz CT molecular complexity index is 3180. The fourth-order valence-electron chi connectivity index (χ4n) is 3.88. The van der Waals surface area contributed by atoms with Crippen LogP contribution in [0.2, 0.25) is 0 Å². The van der Waals surface area contributed by atoms with Gasteiger partial charge in [-0.1, -0.05) is 115 Å². The predicted molar refractivity (Wildman–Crippen MR) is 179 cm³/mol. The highest BCUT2D eigenvalue weighted by Gasteiger charge is 2.19. The van der Waals surface area contributed by atoms with Gasteiger partial charge >= 0.3 is 0 Å². The van der Waals surface area contributed by atoms with Crippen LogP contribution in [0.1, 0.15) is 41.1 Å². The van der Waals surface area contributed by atoms with Gasteiger partial charge in [0.1, 0.15) is 0 Å². The fraction of sp³-hybridized carbons (Fsp3) is 0. The van der Waals surface area contributed by atoms with E-state index >= 15 is 0 Å². The van der Waals surface area contributed by atoms with Crippen molar-refractivity contribution in [3.05, 3.63) is 181 Å². The molecule has 0 N–H and O–H groups in total. The second-order valence-electron chi connectivity index (χ2n) is 8.01. The van der Waals surface area contributed by atoms with Crippen LogP contribution in [0.25, 0.3) is 21.9 Å². The van der Waals surface area contributed by atoms with Gasteiger partial charge in [-0.15, -0.1) is 0 Å². The zero-order chi connectivity index (χ0) is 54.2. The molecule has 0 saturated carbocycles. The van der Waals surface area contributed by atoms with E-state index in [-0.39, 0.29) is 9.80 Å². The number of nitrogens with zero attached hydrogens (tertiary/aromatic N) is 2. The molecule has 7 aromatic rings. The van der Waals surface area contributed by atoms with E-state index in [4.69, 9.17) is 35.6 Å². The van der Waals surface area contributed by atoms with E-state index in [1.54, 1.807) is 0 Å². The van der Waals surface area contributed by atoms with E-state index in [1.807, 2.05) is 0 Å². The normalized spacial score (nSPS) is 20.9. The Morgan fingerprint density at radius 1 is 0.333 bits per heavy atom. The summed E-state index contributed by atoms with van der Waals surface area (Å²) in [5, 5.41) is -1.66. The molecule has 2 nitrogen and oxygen atoms in total. The molecule has 0 fully saturated rings. The number of fused-ring (bicyclic) bond motifs is 1. The molecule has 7 aromatic carbocycles. The Morgan fingerprint density at radius 3 is 1.17 bits per heavy atom. The molecule has 0 saturated heterocycles. The zero-order valence-corrected chi connectivity index (χ0v) is 20.9.